The van der Waals surface area contributed by atoms with E-state index in [1.165, 1.54) is 12.1 Å². The monoisotopic (exact) mass is 305 g/mol. The van der Waals surface area contributed by atoms with Crippen molar-refractivity contribution < 1.29 is 9.18 Å². The van der Waals surface area contributed by atoms with Crippen LogP contribution in [0.15, 0.2) is 42.5 Å². The average molecular weight is 306 g/mol. The molecule has 0 bridgehead atoms. The van der Waals surface area contributed by atoms with Gasteiger partial charge in [0, 0.05) is 5.02 Å². The molecule has 0 saturated heterocycles. The zero-order valence-corrected chi connectivity index (χ0v) is 12.7. The number of rotatable bonds is 4. The first-order valence-corrected chi connectivity index (χ1v) is 7.22. The van der Waals surface area contributed by atoms with Crippen LogP contribution in [0.1, 0.15) is 40.9 Å². The lowest BCUT2D eigenvalue weighted by Gasteiger charge is -2.19. The van der Waals surface area contributed by atoms with Gasteiger partial charge in [0.15, 0.2) is 0 Å². The molecule has 2 nitrogen and oxygen atoms in total. The number of hydrogen-bond acceptors (Lipinski definition) is 1. The molecular formula is C17H17ClFNO. The van der Waals surface area contributed by atoms with Crippen LogP contribution in [0.4, 0.5) is 4.39 Å². The topological polar surface area (TPSA) is 29.1 Å². The third kappa shape index (κ3) is 3.61. The fourth-order valence-corrected chi connectivity index (χ4v) is 2.45. The minimum atomic E-state index is -0.611. The lowest BCUT2D eigenvalue weighted by molar-refractivity contribution is 0.0931. The summed E-state index contributed by atoms with van der Waals surface area (Å²) in [5.41, 5.74) is 2.15. The van der Waals surface area contributed by atoms with Gasteiger partial charge in [-0.1, -0.05) is 42.8 Å². The van der Waals surface area contributed by atoms with Gasteiger partial charge in [0.2, 0.25) is 0 Å². The van der Waals surface area contributed by atoms with Gasteiger partial charge < -0.3 is 5.32 Å². The molecule has 0 fully saturated rings. The summed E-state index contributed by atoms with van der Waals surface area (Å²) in [6, 6.07) is 11.8. The van der Waals surface area contributed by atoms with Gasteiger partial charge in [-0.3, -0.25) is 4.79 Å². The van der Waals surface area contributed by atoms with Crippen LogP contribution in [-0.2, 0) is 0 Å². The molecule has 0 aliphatic carbocycles. The molecule has 0 aliphatic heterocycles. The predicted molar refractivity (Wildman–Crippen MR) is 83.1 cm³/mol. The molecule has 2 aromatic rings. The van der Waals surface area contributed by atoms with Crippen LogP contribution in [-0.4, -0.2) is 5.91 Å². The lowest BCUT2D eigenvalue weighted by Crippen LogP contribution is -2.29. The Labute approximate surface area is 128 Å². The minimum absolute atomic E-state index is 0.00596. The fourth-order valence-electron chi connectivity index (χ4n) is 2.29. The van der Waals surface area contributed by atoms with Crippen molar-refractivity contribution in [2.45, 2.75) is 26.3 Å². The summed E-state index contributed by atoms with van der Waals surface area (Å²) in [4.78, 5) is 12.2. The maximum atomic E-state index is 13.8. The lowest BCUT2D eigenvalue weighted by atomic mass is 9.99. The molecule has 0 spiro atoms. The highest BCUT2D eigenvalue weighted by Gasteiger charge is 2.18. The van der Waals surface area contributed by atoms with Crippen LogP contribution in [0.5, 0.6) is 0 Å². The molecular weight excluding hydrogens is 289 g/mol. The maximum Gasteiger partial charge on any atom is 0.254 e. The zero-order chi connectivity index (χ0) is 15.4. The fraction of sp³-hybridized carbons (Fsp3) is 0.235. The second kappa shape index (κ2) is 6.72. The molecule has 0 saturated carbocycles. The molecule has 21 heavy (non-hydrogen) atoms. The Morgan fingerprint density at radius 3 is 2.62 bits per heavy atom. The van der Waals surface area contributed by atoms with Gasteiger partial charge >= 0.3 is 0 Å². The number of nitrogens with one attached hydrogen (secondary N) is 1. The Morgan fingerprint density at radius 1 is 1.29 bits per heavy atom. The van der Waals surface area contributed by atoms with E-state index in [0.29, 0.717) is 0 Å². The third-order valence-electron chi connectivity index (χ3n) is 3.45. The maximum absolute atomic E-state index is 13.8. The SMILES string of the molecule is CCC(NC(=O)c1ccc(Cl)cc1F)c1ccccc1C. The predicted octanol–water partition coefficient (Wildman–Crippen LogP) is 4.67. The van der Waals surface area contributed by atoms with Crippen LogP contribution >= 0.6 is 11.6 Å². The van der Waals surface area contributed by atoms with Crippen molar-refractivity contribution in [2.75, 3.05) is 0 Å². The molecule has 2 rings (SSSR count). The van der Waals surface area contributed by atoms with Crippen LogP contribution in [0.25, 0.3) is 0 Å². The number of halogens is 2. The molecule has 0 aromatic heterocycles. The van der Waals surface area contributed by atoms with Gasteiger partial charge in [-0.25, -0.2) is 4.39 Å². The second-order valence-electron chi connectivity index (χ2n) is 4.92. The number of carbonyl (C=O) groups is 1. The Kier molecular flexibility index (Phi) is 4.97. The molecule has 0 heterocycles. The molecule has 110 valence electrons. The van der Waals surface area contributed by atoms with Crippen molar-refractivity contribution in [1.82, 2.24) is 5.32 Å². The third-order valence-corrected chi connectivity index (χ3v) is 3.69. The van der Waals surface area contributed by atoms with E-state index < -0.39 is 11.7 Å². The Morgan fingerprint density at radius 2 is 2.00 bits per heavy atom. The highest BCUT2D eigenvalue weighted by atomic mass is 35.5. The van der Waals surface area contributed by atoms with E-state index in [4.69, 9.17) is 11.6 Å². The van der Waals surface area contributed by atoms with Gasteiger partial charge in [0.05, 0.1) is 11.6 Å². The molecule has 2 aromatic carbocycles. The smallest absolute Gasteiger partial charge is 0.254 e. The van der Waals surface area contributed by atoms with Crippen molar-refractivity contribution in [3.05, 3.63) is 70.0 Å². The van der Waals surface area contributed by atoms with Crippen LogP contribution in [0.2, 0.25) is 5.02 Å². The Hall–Kier alpha value is -1.87. The summed E-state index contributed by atoms with van der Waals surface area (Å²) in [6.45, 7) is 3.97. The minimum Gasteiger partial charge on any atom is -0.345 e. The summed E-state index contributed by atoms with van der Waals surface area (Å²) in [5.74, 6) is -1.04. The first-order chi connectivity index (χ1) is 10.0. The number of amides is 1. The van der Waals surface area contributed by atoms with Crippen molar-refractivity contribution in [1.29, 1.82) is 0 Å². The van der Waals surface area contributed by atoms with Crippen molar-refractivity contribution >= 4 is 17.5 Å². The number of aryl methyl sites for hydroxylation is 1. The summed E-state index contributed by atoms with van der Waals surface area (Å²) in [6.07, 6.45) is 0.728. The summed E-state index contributed by atoms with van der Waals surface area (Å²) < 4.78 is 13.8. The van der Waals surface area contributed by atoms with E-state index in [2.05, 4.69) is 5.32 Å². The molecule has 4 heteroatoms. The van der Waals surface area contributed by atoms with Gasteiger partial charge in [-0.05, 0) is 42.7 Å². The van der Waals surface area contributed by atoms with E-state index in [9.17, 15) is 9.18 Å². The molecule has 0 radical (unpaired) electrons. The standard InChI is InChI=1S/C17H17ClFNO/c1-3-16(13-7-5-4-6-11(13)2)20-17(21)14-9-8-12(18)10-15(14)19/h4-10,16H,3H2,1-2H3,(H,20,21). The normalized spacial score (nSPS) is 12.0. The van der Waals surface area contributed by atoms with E-state index >= 15 is 0 Å². The van der Waals surface area contributed by atoms with Crippen molar-refractivity contribution in [3.8, 4) is 0 Å². The molecule has 1 atom stereocenters. The van der Waals surface area contributed by atoms with Crippen molar-refractivity contribution in [3.63, 3.8) is 0 Å². The number of benzene rings is 2. The molecule has 1 N–H and O–H groups in total. The van der Waals surface area contributed by atoms with Gasteiger partial charge in [-0.15, -0.1) is 0 Å². The molecule has 1 amide bonds. The largest absolute Gasteiger partial charge is 0.345 e. The van der Waals surface area contributed by atoms with Crippen LogP contribution in [0.3, 0.4) is 0 Å². The van der Waals surface area contributed by atoms with E-state index in [0.717, 1.165) is 23.6 Å². The second-order valence-corrected chi connectivity index (χ2v) is 5.35. The quantitative estimate of drug-likeness (QED) is 0.874. The highest BCUT2D eigenvalue weighted by Crippen LogP contribution is 2.22. The summed E-state index contributed by atoms with van der Waals surface area (Å²) in [7, 11) is 0. The van der Waals surface area contributed by atoms with Crippen molar-refractivity contribution in [2.24, 2.45) is 0 Å². The van der Waals surface area contributed by atoms with Crippen LogP contribution in [0, 0.1) is 12.7 Å². The Bertz CT molecular complexity index is 657. The highest BCUT2D eigenvalue weighted by molar-refractivity contribution is 6.30. The first kappa shape index (κ1) is 15.5. The van der Waals surface area contributed by atoms with E-state index in [1.807, 2.05) is 38.1 Å². The van der Waals surface area contributed by atoms with Gasteiger partial charge in [-0.2, -0.15) is 0 Å². The summed E-state index contributed by atoms with van der Waals surface area (Å²) in [5, 5.41) is 3.15. The molecule has 0 aliphatic rings. The number of hydrogen-bond donors (Lipinski definition) is 1. The zero-order valence-electron chi connectivity index (χ0n) is 12.0. The first-order valence-electron chi connectivity index (χ1n) is 6.84. The number of carbonyl (C=O) groups excluding carboxylic acids is 1. The van der Waals surface area contributed by atoms with Gasteiger partial charge in [0.25, 0.3) is 5.91 Å². The summed E-state index contributed by atoms with van der Waals surface area (Å²) >= 11 is 5.70. The van der Waals surface area contributed by atoms with Gasteiger partial charge in [0.1, 0.15) is 5.82 Å². The van der Waals surface area contributed by atoms with Crippen LogP contribution < -0.4 is 5.32 Å². The van der Waals surface area contributed by atoms with E-state index in [1.54, 1.807) is 0 Å². The average Bonchev–Trinajstić information content (AvgIpc) is 2.45. The molecule has 1 unspecified atom stereocenters. The Balaban J connectivity index is 2.23. The van der Waals surface area contributed by atoms with E-state index in [-0.39, 0.29) is 16.6 Å².